The Hall–Kier alpha value is -2.37. The summed E-state index contributed by atoms with van der Waals surface area (Å²) in [6, 6.07) is 13.7. The molecule has 0 aliphatic heterocycles. The number of benzene rings is 2. The molecule has 0 saturated carbocycles. The van der Waals surface area contributed by atoms with Gasteiger partial charge in [0.1, 0.15) is 9.98 Å². The lowest BCUT2D eigenvalue weighted by Crippen LogP contribution is -2.20. The Morgan fingerprint density at radius 1 is 1.13 bits per heavy atom. The Labute approximate surface area is 137 Å². The second kappa shape index (κ2) is 7.26. The van der Waals surface area contributed by atoms with Crippen LogP contribution in [0.3, 0.4) is 0 Å². The zero-order chi connectivity index (χ0) is 16.9. The van der Waals surface area contributed by atoms with Crippen molar-refractivity contribution in [3.63, 3.8) is 0 Å². The lowest BCUT2D eigenvalue weighted by atomic mass is 10.2. The third-order valence-corrected chi connectivity index (χ3v) is 6.52. The maximum atomic E-state index is 12.7. The Bertz CT molecular complexity index is 828. The minimum absolute atomic E-state index is 0.0354. The number of hydrogen-bond acceptors (Lipinski definition) is 6. The van der Waals surface area contributed by atoms with Crippen LogP contribution < -0.4 is 0 Å². The molecular formula is C15H12N2O4S2. The van der Waals surface area contributed by atoms with Crippen LogP contribution in [0.4, 0.5) is 5.69 Å². The number of nitrogens with zero attached hydrogens (tertiary/aromatic N) is 2. The van der Waals surface area contributed by atoms with Crippen LogP contribution in [0, 0.1) is 20.8 Å². The van der Waals surface area contributed by atoms with Gasteiger partial charge in [0, 0.05) is 12.1 Å². The third-order valence-electron chi connectivity index (χ3n) is 3.15. The molecule has 0 N–H and O–H groups in total. The predicted octanol–water partition coefficient (Wildman–Crippen LogP) is 3.15. The normalized spacial score (nSPS) is 12.3. The summed E-state index contributed by atoms with van der Waals surface area (Å²) >= 11 is 0.667. The number of thioether (sulfide) groups is 1. The second-order valence-corrected chi connectivity index (χ2v) is 8.04. The molecule has 2 aromatic rings. The fourth-order valence-electron chi connectivity index (χ4n) is 1.99. The number of thiocyanates is 1. The van der Waals surface area contributed by atoms with Gasteiger partial charge in [-0.15, -0.1) is 0 Å². The van der Waals surface area contributed by atoms with Gasteiger partial charge in [0.25, 0.3) is 5.69 Å². The smallest absolute Gasteiger partial charge is 0.258 e. The van der Waals surface area contributed by atoms with E-state index < -0.39 is 19.3 Å². The third kappa shape index (κ3) is 4.09. The van der Waals surface area contributed by atoms with E-state index in [9.17, 15) is 18.5 Å². The van der Waals surface area contributed by atoms with Crippen molar-refractivity contribution in [1.29, 1.82) is 5.26 Å². The second-order valence-electron chi connectivity index (χ2n) is 4.62. The van der Waals surface area contributed by atoms with E-state index in [1.165, 1.54) is 12.1 Å². The number of nitro groups is 1. The summed E-state index contributed by atoms with van der Waals surface area (Å²) in [4.78, 5) is 10.0. The number of nitriles is 1. The Kier molecular flexibility index (Phi) is 5.36. The van der Waals surface area contributed by atoms with Crippen LogP contribution in [0.5, 0.6) is 0 Å². The molecule has 118 valence electrons. The summed E-state index contributed by atoms with van der Waals surface area (Å²) in [6.45, 7) is 0. The van der Waals surface area contributed by atoms with Gasteiger partial charge >= 0.3 is 0 Å². The monoisotopic (exact) mass is 348 g/mol. The van der Waals surface area contributed by atoms with Crippen molar-refractivity contribution in [2.75, 3.05) is 0 Å². The Morgan fingerprint density at radius 2 is 1.74 bits per heavy atom. The van der Waals surface area contributed by atoms with Gasteiger partial charge in [0.05, 0.1) is 9.82 Å². The SMILES string of the molecule is N#CSC(Cc1ccccc1)S(=O)(=O)c1ccc([N+](=O)[O-])cc1. The largest absolute Gasteiger partial charge is 0.269 e. The van der Waals surface area contributed by atoms with Crippen molar-refractivity contribution >= 4 is 27.3 Å². The number of hydrogen-bond donors (Lipinski definition) is 0. The average Bonchev–Trinajstić information content (AvgIpc) is 2.55. The fraction of sp³-hybridized carbons (Fsp3) is 0.133. The summed E-state index contributed by atoms with van der Waals surface area (Å²) in [5.41, 5.74) is 0.613. The molecule has 0 bridgehead atoms. The summed E-state index contributed by atoms with van der Waals surface area (Å²) in [5, 5.41) is 21.4. The van der Waals surface area contributed by atoms with Crippen LogP contribution >= 0.6 is 11.8 Å². The first-order valence-electron chi connectivity index (χ1n) is 6.52. The number of non-ortho nitro benzene ring substituents is 1. The lowest BCUT2D eigenvalue weighted by molar-refractivity contribution is -0.384. The quantitative estimate of drug-likeness (QED) is 0.451. The Balaban J connectivity index is 2.33. The molecule has 6 nitrogen and oxygen atoms in total. The first kappa shape index (κ1) is 17.0. The van der Waals surface area contributed by atoms with Gasteiger partial charge in [-0.1, -0.05) is 30.3 Å². The summed E-state index contributed by atoms with van der Waals surface area (Å²) in [7, 11) is -3.79. The van der Waals surface area contributed by atoms with Crippen LogP contribution in [0.15, 0.2) is 59.5 Å². The van der Waals surface area contributed by atoms with E-state index >= 15 is 0 Å². The van der Waals surface area contributed by atoms with Gasteiger partial charge in [-0.25, -0.2) is 8.42 Å². The highest BCUT2D eigenvalue weighted by atomic mass is 32.3. The highest BCUT2D eigenvalue weighted by Crippen LogP contribution is 2.28. The molecular weight excluding hydrogens is 336 g/mol. The zero-order valence-electron chi connectivity index (χ0n) is 11.8. The molecule has 23 heavy (non-hydrogen) atoms. The van der Waals surface area contributed by atoms with Gasteiger partial charge in [-0.3, -0.25) is 10.1 Å². The molecule has 1 unspecified atom stereocenters. The molecule has 0 fully saturated rings. The minimum Gasteiger partial charge on any atom is -0.258 e. The van der Waals surface area contributed by atoms with Crippen LogP contribution in [-0.2, 0) is 16.3 Å². The van der Waals surface area contributed by atoms with Crippen molar-refractivity contribution in [2.24, 2.45) is 0 Å². The maximum Gasteiger partial charge on any atom is 0.269 e. The van der Waals surface area contributed by atoms with Crippen LogP contribution in [0.1, 0.15) is 5.56 Å². The molecule has 2 rings (SSSR count). The average molecular weight is 348 g/mol. The number of rotatable bonds is 6. The maximum absolute atomic E-state index is 12.7. The molecule has 8 heteroatoms. The van der Waals surface area contributed by atoms with Crippen LogP contribution in [-0.4, -0.2) is 17.9 Å². The van der Waals surface area contributed by atoms with Gasteiger partial charge < -0.3 is 0 Å². The first-order chi connectivity index (χ1) is 10.9. The summed E-state index contributed by atoms with van der Waals surface area (Å²) in [6.07, 6.45) is 0.179. The molecule has 0 aliphatic carbocycles. The van der Waals surface area contributed by atoms with E-state index in [0.717, 1.165) is 17.7 Å². The number of nitro benzene ring substituents is 1. The van der Waals surface area contributed by atoms with E-state index in [-0.39, 0.29) is 17.0 Å². The molecule has 2 aromatic carbocycles. The molecule has 0 spiro atoms. The van der Waals surface area contributed by atoms with Gasteiger partial charge in [-0.2, -0.15) is 5.26 Å². The number of sulfone groups is 1. The van der Waals surface area contributed by atoms with Gasteiger partial charge in [0.2, 0.25) is 0 Å². The molecule has 0 aromatic heterocycles. The summed E-state index contributed by atoms with van der Waals surface area (Å²) < 4.78 is 24.4. The van der Waals surface area contributed by atoms with Crippen molar-refractivity contribution in [1.82, 2.24) is 0 Å². The molecule has 1 atom stereocenters. The van der Waals surface area contributed by atoms with E-state index in [2.05, 4.69) is 0 Å². The van der Waals surface area contributed by atoms with Crippen molar-refractivity contribution in [2.45, 2.75) is 15.9 Å². The van der Waals surface area contributed by atoms with E-state index in [4.69, 9.17) is 5.26 Å². The lowest BCUT2D eigenvalue weighted by Gasteiger charge is -2.14. The first-order valence-corrected chi connectivity index (χ1v) is 8.95. The molecule has 0 heterocycles. The van der Waals surface area contributed by atoms with Crippen molar-refractivity contribution in [3.05, 3.63) is 70.3 Å². The highest BCUT2D eigenvalue weighted by molar-refractivity contribution is 8.16. The molecule has 0 aliphatic rings. The van der Waals surface area contributed by atoms with Gasteiger partial charge in [0.15, 0.2) is 9.84 Å². The highest BCUT2D eigenvalue weighted by Gasteiger charge is 2.29. The van der Waals surface area contributed by atoms with E-state index in [1.807, 2.05) is 11.5 Å². The van der Waals surface area contributed by atoms with Crippen molar-refractivity contribution in [3.8, 4) is 5.40 Å². The van der Waals surface area contributed by atoms with Crippen LogP contribution in [0.2, 0.25) is 0 Å². The standard InChI is InChI=1S/C15H12N2O4S2/c16-11-22-15(10-12-4-2-1-3-5-12)23(20,21)14-8-6-13(7-9-14)17(18)19/h1-9,15H,10H2. The molecule has 0 amide bonds. The minimum atomic E-state index is -3.79. The van der Waals surface area contributed by atoms with E-state index in [1.54, 1.807) is 24.3 Å². The molecule has 0 saturated heterocycles. The fourth-order valence-corrected chi connectivity index (χ4v) is 4.58. The van der Waals surface area contributed by atoms with Crippen LogP contribution in [0.25, 0.3) is 0 Å². The van der Waals surface area contributed by atoms with Crippen molar-refractivity contribution < 1.29 is 13.3 Å². The predicted molar refractivity (Wildman–Crippen MR) is 87.4 cm³/mol. The van der Waals surface area contributed by atoms with Gasteiger partial charge in [-0.05, 0) is 35.9 Å². The summed E-state index contributed by atoms with van der Waals surface area (Å²) in [5.74, 6) is 0. The topological polar surface area (TPSA) is 101 Å². The zero-order valence-corrected chi connectivity index (χ0v) is 13.5. The Morgan fingerprint density at radius 3 is 2.26 bits per heavy atom. The van der Waals surface area contributed by atoms with E-state index in [0.29, 0.717) is 11.8 Å². The molecule has 0 radical (unpaired) electrons.